The van der Waals surface area contributed by atoms with Gasteiger partial charge in [0, 0.05) is 7.05 Å². The van der Waals surface area contributed by atoms with Crippen LogP contribution in [0.4, 0.5) is 0 Å². The average Bonchev–Trinajstić information content (AvgIpc) is 2.32. The van der Waals surface area contributed by atoms with E-state index in [4.69, 9.17) is 0 Å². The van der Waals surface area contributed by atoms with Crippen LogP contribution in [0.5, 0.6) is 0 Å². The predicted octanol–water partition coefficient (Wildman–Crippen LogP) is -0.317. The van der Waals surface area contributed by atoms with Crippen LogP contribution in [0.25, 0.3) is 10.3 Å². The van der Waals surface area contributed by atoms with Gasteiger partial charge in [0.1, 0.15) is 4.70 Å². The van der Waals surface area contributed by atoms with Gasteiger partial charge in [-0.05, 0) is 0 Å². The Morgan fingerprint density at radius 3 is 3.00 bits per heavy atom. The third kappa shape index (κ3) is 0.814. The molecule has 5 nitrogen and oxygen atoms in total. The van der Waals surface area contributed by atoms with Crippen molar-refractivity contribution in [3.63, 3.8) is 0 Å². The van der Waals surface area contributed by atoms with Gasteiger partial charge in [0.15, 0.2) is 5.65 Å². The molecule has 0 unspecified atom stereocenters. The van der Waals surface area contributed by atoms with Crippen molar-refractivity contribution in [1.29, 1.82) is 0 Å². The summed E-state index contributed by atoms with van der Waals surface area (Å²) < 4.78 is 1.74. The Morgan fingerprint density at radius 2 is 2.33 bits per heavy atom. The van der Waals surface area contributed by atoms with E-state index < -0.39 is 0 Å². The van der Waals surface area contributed by atoms with E-state index in [2.05, 4.69) is 9.97 Å². The van der Waals surface area contributed by atoms with Crippen LogP contribution in [0.3, 0.4) is 0 Å². The molecule has 0 aliphatic heterocycles. The second-order valence-corrected chi connectivity index (χ2v) is 3.27. The summed E-state index contributed by atoms with van der Waals surface area (Å²) in [5.74, 6) is 0. The normalized spacial score (nSPS) is 10.8. The Labute approximate surface area is 70.3 Å². The number of aromatic amines is 1. The summed E-state index contributed by atoms with van der Waals surface area (Å²) in [6, 6.07) is 0. The van der Waals surface area contributed by atoms with Gasteiger partial charge in [0.05, 0.1) is 6.33 Å². The highest BCUT2D eigenvalue weighted by molar-refractivity contribution is 7.16. The third-order valence-electron chi connectivity index (χ3n) is 1.57. The van der Waals surface area contributed by atoms with Crippen LogP contribution in [0.2, 0.25) is 0 Å². The number of hydrogen-bond acceptors (Lipinski definition) is 4. The number of H-pyrrole nitrogens is 1. The van der Waals surface area contributed by atoms with E-state index in [1.165, 1.54) is 10.9 Å². The molecule has 1 N–H and O–H groups in total. The second-order valence-electron chi connectivity index (χ2n) is 2.31. The van der Waals surface area contributed by atoms with Gasteiger partial charge in [0.25, 0.3) is 5.56 Å². The van der Waals surface area contributed by atoms with E-state index in [1.807, 2.05) is 0 Å². The monoisotopic (exact) mass is 183 g/mol. The molecular weight excluding hydrogens is 178 g/mol. The first kappa shape index (κ1) is 7.23. The molecule has 0 saturated heterocycles. The maximum atomic E-state index is 11.1. The Bertz CT molecular complexity index is 535. The van der Waals surface area contributed by atoms with E-state index in [9.17, 15) is 9.59 Å². The number of thiazole rings is 1. The standard InChI is InChI=1S/C6H5N3O2S/c1-9-4-3(12-6(9)11)5(10)8-2-7-4/h2H,1H3,(H,7,8,10). The van der Waals surface area contributed by atoms with Crippen LogP contribution in [0.15, 0.2) is 15.9 Å². The van der Waals surface area contributed by atoms with Crippen molar-refractivity contribution in [1.82, 2.24) is 14.5 Å². The minimum atomic E-state index is -0.261. The number of aromatic nitrogens is 3. The molecule has 2 aromatic rings. The van der Waals surface area contributed by atoms with E-state index in [0.717, 1.165) is 11.3 Å². The van der Waals surface area contributed by atoms with Crippen molar-refractivity contribution in [2.45, 2.75) is 0 Å². The first-order chi connectivity index (χ1) is 5.70. The largest absolute Gasteiger partial charge is 0.312 e. The van der Waals surface area contributed by atoms with Gasteiger partial charge in [-0.15, -0.1) is 0 Å². The zero-order chi connectivity index (χ0) is 8.72. The molecule has 12 heavy (non-hydrogen) atoms. The molecule has 2 aromatic heterocycles. The molecule has 0 aliphatic carbocycles. The molecule has 0 saturated carbocycles. The fourth-order valence-corrected chi connectivity index (χ4v) is 1.78. The molecule has 2 heterocycles. The van der Waals surface area contributed by atoms with Crippen molar-refractivity contribution in [3.8, 4) is 0 Å². The molecule has 0 radical (unpaired) electrons. The van der Waals surface area contributed by atoms with Crippen LogP contribution >= 0.6 is 11.3 Å². The van der Waals surface area contributed by atoms with Crippen molar-refractivity contribution < 1.29 is 0 Å². The lowest BCUT2D eigenvalue weighted by Gasteiger charge is -1.88. The van der Waals surface area contributed by atoms with E-state index in [1.54, 1.807) is 7.05 Å². The summed E-state index contributed by atoms with van der Waals surface area (Å²) in [6.45, 7) is 0. The Hall–Kier alpha value is -1.43. The van der Waals surface area contributed by atoms with Gasteiger partial charge in [0.2, 0.25) is 0 Å². The predicted molar refractivity (Wildman–Crippen MR) is 45.5 cm³/mol. The molecule has 62 valence electrons. The molecule has 0 aromatic carbocycles. The molecule has 0 spiro atoms. The number of aryl methyl sites for hydroxylation is 1. The molecule has 0 atom stereocenters. The smallest absolute Gasteiger partial charge is 0.309 e. The van der Waals surface area contributed by atoms with Gasteiger partial charge in [-0.1, -0.05) is 11.3 Å². The van der Waals surface area contributed by atoms with Crippen LogP contribution in [0, 0.1) is 0 Å². The minimum Gasteiger partial charge on any atom is -0.312 e. The number of fused-ring (bicyclic) bond motifs is 1. The van der Waals surface area contributed by atoms with Gasteiger partial charge in [-0.2, -0.15) is 0 Å². The lowest BCUT2D eigenvalue weighted by atomic mass is 10.6. The van der Waals surface area contributed by atoms with Crippen molar-refractivity contribution in [2.75, 3.05) is 0 Å². The highest BCUT2D eigenvalue weighted by Gasteiger charge is 2.06. The number of rotatable bonds is 0. The SMILES string of the molecule is Cn1c(=O)sc2c(=O)[nH]cnc21. The maximum Gasteiger partial charge on any atom is 0.309 e. The van der Waals surface area contributed by atoms with Crippen LogP contribution in [-0.4, -0.2) is 14.5 Å². The number of nitrogens with one attached hydrogen (secondary N) is 1. The van der Waals surface area contributed by atoms with Gasteiger partial charge >= 0.3 is 4.87 Å². The number of hydrogen-bond donors (Lipinski definition) is 1. The van der Waals surface area contributed by atoms with E-state index >= 15 is 0 Å². The second kappa shape index (κ2) is 2.28. The molecule has 6 heteroatoms. The lowest BCUT2D eigenvalue weighted by Crippen LogP contribution is -2.09. The Balaban J connectivity index is 3.16. The van der Waals surface area contributed by atoms with Gasteiger partial charge in [-0.3, -0.25) is 14.2 Å². The number of nitrogens with zero attached hydrogens (tertiary/aromatic N) is 2. The lowest BCUT2D eigenvalue weighted by molar-refractivity contribution is 0.913. The summed E-state index contributed by atoms with van der Waals surface area (Å²) in [5.41, 5.74) is 0.177. The van der Waals surface area contributed by atoms with Crippen molar-refractivity contribution in [2.24, 2.45) is 7.05 Å². The summed E-state index contributed by atoms with van der Waals surface area (Å²) in [7, 11) is 1.59. The molecule has 0 fully saturated rings. The van der Waals surface area contributed by atoms with Crippen molar-refractivity contribution in [3.05, 3.63) is 26.3 Å². The zero-order valence-corrected chi connectivity index (χ0v) is 7.01. The fraction of sp³-hybridized carbons (Fsp3) is 0.167. The molecule has 0 bridgehead atoms. The molecule has 2 rings (SSSR count). The maximum absolute atomic E-state index is 11.1. The Morgan fingerprint density at radius 1 is 1.58 bits per heavy atom. The average molecular weight is 183 g/mol. The first-order valence-electron chi connectivity index (χ1n) is 3.23. The van der Waals surface area contributed by atoms with Crippen LogP contribution in [-0.2, 0) is 7.05 Å². The van der Waals surface area contributed by atoms with Gasteiger partial charge < -0.3 is 4.98 Å². The summed E-state index contributed by atoms with van der Waals surface area (Å²) in [6.07, 6.45) is 1.29. The summed E-state index contributed by atoms with van der Waals surface area (Å²) >= 11 is 0.907. The van der Waals surface area contributed by atoms with E-state index in [-0.39, 0.29) is 10.4 Å². The Kier molecular flexibility index (Phi) is 1.37. The summed E-state index contributed by atoms with van der Waals surface area (Å²) in [4.78, 5) is 28.3. The quantitative estimate of drug-likeness (QED) is 0.608. The highest BCUT2D eigenvalue weighted by Crippen LogP contribution is 2.05. The minimum absolute atomic E-state index is 0.172. The topological polar surface area (TPSA) is 67.8 Å². The van der Waals surface area contributed by atoms with E-state index in [0.29, 0.717) is 10.3 Å². The zero-order valence-electron chi connectivity index (χ0n) is 6.20. The molecule has 0 aliphatic rings. The highest BCUT2D eigenvalue weighted by atomic mass is 32.1. The third-order valence-corrected chi connectivity index (χ3v) is 2.59. The van der Waals surface area contributed by atoms with Crippen molar-refractivity contribution >= 4 is 21.7 Å². The first-order valence-corrected chi connectivity index (χ1v) is 4.05. The van der Waals surface area contributed by atoms with Crippen LogP contribution < -0.4 is 10.4 Å². The summed E-state index contributed by atoms with van der Waals surface area (Å²) in [5, 5.41) is 0. The van der Waals surface area contributed by atoms with Gasteiger partial charge in [-0.25, -0.2) is 4.98 Å². The molecular formula is C6H5N3O2S. The fourth-order valence-electron chi connectivity index (χ4n) is 0.951. The van der Waals surface area contributed by atoms with Crippen LogP contribution in [0.1, 0.15) is 0 Å². The molecule has 0 amide bonds.